The van der Waals surface area contributed by atoms with Gasteiger partial charge in [-0.05, 0) is 65.9 Å². The molecule has 0 N–H and O–H groups in total. The average Bonchev–Trinajstić information content (AvgIpc) is 3.06. The SMILES string of the molecule is COc1ccc2c(ccn2Cc2cccc(-c3ccccc3C)c2C)c1. The van der Waals surface area contributed by atoms with Crippen molar-refractivity contribution in [2.75, 3.05) is 7.11 Å². The second-order valence-corrected chi connectivity index (χ2v) is 6.77. The van der Waals surface area contributed by atoms with Crippen LogP contribution < -0.4 is 4.74 Å². The number of hydrogen-bond acceptors (Lipinski definition) is 1. The van der Waals surface area contributed by atoms with Gasteiger partial charge in [0.05, 0.1) is 7.11 Å². The van der Waals surface area contributed by atoms with E-state index in [1.807, 2.05) is 6.07 Å². The third-order valence-corrected chi connectivity index (χ3v) is 5.20. The topological polar surface area (TPSA) is 14.2 Å². The van der Waals surface area contributed by atoms with Crippen LogP contribution in [0, 0.1) is 13.8 Å². The van der Waals surface area contributed by atoms with Crippen molar-refractivity contribution < 1.29 is 4.74 Å². The van der Waals surface area contributed by atoms with Gasteiger partial charge in [-0.15, -0.1) is 0 Å². The Labute approximate surface area is 154 Å². The standard InChI is InChI=1S/C24H23NO/c1-17-7-4-5-9-22(17)23-10-6-8-20(18(23)2)16-25-14-13-19-15-21(26-3)11-12-24(19)25/h4-15H,16H2,1-3H3. The van der Waals surface area contributed by atoms with Gasteiger partial charge in [-0.3, -0.25) is 0 Å². The number of methoxy groups -OCH3 is 1. The molecule has 0 fully saturated rings. The van der Waals surface area contributed by atoms with E-state index in [2.05, 4.69) is 85.3 Å². The van der Waals surface area contributed by atoms with Crippen LogP contribution in [-0.2, 0) is 6.54 Å². The van der Waals surface area contributed by atoms with Crippen LogP contribution in [0.15, 0.2) is 72.9 Å². The van der Waals surface area contributed by atoms with E-state index in [4.69, 9.17) is 4.74 Å². The lowest BCUT2D eigenvalue weighted by molar-refractivity contribution is 0.415. The van der Waals surface area contributed by atoms with Gasteiger partial charge in [-0.2, -0.15) is 0 Å². The largest absolute Gasteiger partial charge is 0.497 e. The zero-order chi connectivity index (χ0) is 18.1. The van der Waals surface area contributed by atoms with E-state index in [-0.39, 0.29) is 0 Å². The first kappa shape index (κ1) is 16.5. The monoisotopic (exact) mass is 341 g/mol. The molecule has 26 heavy (non-hydrogen) atoms. The van der Waals surface area contributed by atoms with Crippen LogP contribution in [0.25, 0.3) is 22.0 Å². The third kappa shape index (κ3) is 2.88. The highest BCUT2D eigenvalue weighted by Crippen LogP contribution is 2.29. The predicted octanol–water partition coefficient (Wildman–Crippen LogP) is 5.98. The Morgan fingerprint density at radius 3 is 2.46 bits per heavy atom. The molecule has 0 aliphatic rings. The fourth-order valence-electron chi connectivity index (χ4n) is 3.65. The van der Waals surface area contributed by atoms with Gasteiger partial charge in [-0.25, -0.2) is 0 Å². The maximum Gasteiger partial charge on any atom is 0.119 e. The number of aryl methyl sites for hydroxylation is 1. The molecule has 0 atom stereocenters. The second kappa shape index (κ2) is 6.72. The van der Waals surface area contributed by atoms with Crippen LogP contribution in [-0.4, -0.2) is 11.7 Å². The minimum absolute atomic E-state index is 0.862. The van der Waals surface area contributed by atoms with Gasteiger partial charge in [0.2, 0.25) is 0 Å². The van der Waals surface area contributed by atoms with Crippen LogP contribution in [0.1, 0.15) is 16.7 Å². The number of rotatable bonds is 4. The molecule has 1 aromatic heterocycles. The maximum absolute atomic E-state index is 5.34. The van der Waals surface area contributed by atoms with Gasteiger partial charge >= 0.3 is 0 Å². The summed E-state index contributed by atoms with van der Waals surface area (Å²) >= 11 is 0. The van der Waals surface area contributed by atoms with E-state index in [1.165, 1.54) is 38.7 Å². The fraction of sp³-hybridized carbons (Fsp3) is 0.167. The summed E-state index contributed by atoms with van der Waals surface area (Å²) in [6, 6.07) is 23.6. The summed E-state index contributed by atoms with van der Waals surface area (Å²) in [5.74, 6) is 0.896. The molecule has 0 radical (unpaired) electrons. The summed E-state index contributed by atoms with van der Waals surface area (Å²) in [7, 11) is 1.71. The first-order valence-electron chi connectivity index (χ1n) is 8.95. The molecular weight excluding hydrogens is 318 g/mol. The lowest BCUT2D eigenvalue weighted by atomic mass is 9.93. The van der Waals surface area contributed by atoms with Crippen molar-refractivity contribution in [3.8, 4) is 16.9 Å². The second-order valence-electron chi connectivity index (χ2n) is 6.77. The Morgan fingerprint density at radius 1 is 0.846 bits per heavy atom. The summed E-state index contributed by atoms with van der Waals surface area (Å²) < 4.78 is 7.64. The van der Waals surface area contributed by atoms with Crippen molar-refractivity contribution >= 4 is 10.9 Å². The number of aromatic nitrogens is 1. The molecule has 2 nitrogen and oxygen atoms in total. The molecule has 0 aliphatic carbocycles. The van der Waals surface area contributed by atoms with E-state index in [0.29, 0.717) is 0 Å². The number of ether oxygens (including phenoxy) is 1. The molecule has 0 amide bonds. The highest BCUT2D eigenvalue weighted by molar-refractivity contribution is 5.82. The number of hydrogen-bond donors (Lipinski definition) is 0. The van der Waals surface area contributed by atoms with E-state index < -0.39 is 0 Å². The van der Waals surface area contributed by atoms with Crippen molar-refractivity contribution in [2.45, 2.75) is 20.4 Å². The molecule has 0 unspecified atom stereocenters. The normalized spacial score (nSPS) is 11.0. The zero-order valence-electron chi connectivity index (χ0n) is 15.5. The van der Waals surface area contributed by atoms with Crippen LogP contribution >= 0.6 is 0 Å². The Kier molecular flexibility index (Phi) is 4.26. The molecule has 0 bridgehead atoms. The highest BCUT2D eigenvalue weighted by atomic mass is 16.5. The van der Waals surface area contributed by atoms with Crippen molar-refractivity contribution in [3.05, 3.63) is 89.6 Å². The van der Waals surface area contributed by atoms with E-state index in [0.717, 1.165) is 12.3 Å². The quantitative estimate of drug-likeness (QED) is 0.445. The van der Waals surface area contributed by atoms with Gasteiger partial charge in [0.15, 0.2) is 0 Å². The Hall–Kier alpha value is -3.00. The molecule has 0 saturated heterocycles. The first-order valence-corrected chi connectivity index (χ1v) is 8.95. The van der Waals surface area contributed by atoms with Crippen LogP contribution in [0.3, 0.4) is 0 Å². The van der Waals surface area contributed by atoms with E-state index in [1.54, 1.807) is 7.11 Å². The Bertz CT molecular complexity index is 1070. The minimum atomic E-state index is 0.862. The van der Waals surface area contributed by atoms with Crippen molar-refractivity contribution in [2.24, 2.45) is 0 Å². The lowest BCUT2D eigenvalue weighted by Crippen LogP contribution is -2.01. The molecule has 0 aliphatic heterocycles. The Balaban J connectivity index is 1.74. The third-order valence-electron chi connectivity index (χ3n) is 5.20. The maximum atomic E-state index is 5.34. The minimum Gasteiger partial charge on any atom is -0.497 e. The number of fused-ring (bicyclic) bond motifs is 1. The molecule has 130 valence electrons. The van der Waals surface area contributed by atoms with Crippen LogP contribution in [0.5, 0.6) is 5.75 Å². The highest BCUT2D eigenvalue weighted by Gasteiger charge is 2.10. The molecular formula is C24H23NO. The first-order chi connectivity index (χ1) is 12.7. The van der Waals surface area contributed by atoms with Gasteiger partial charge < -0.3 is 9.30 Å². The number of benzene rings is 3. The lowest BCUT2D eigenvalue weighted by Gasteiger charge is -2.15. The van der Waals surface area contributed by atoms with Gasteiger partial charge in [0.25, 0.3) is 0 Å². The predicted molar refractivity (Wildman–Crippen MR) is 109 cm³/mol. The van der Waals surface area contributed by atoms with Gasteiger partial charge in [-0.1, -0.05) is 42.5 Å². The fourth-order valence-corrected chi connectivity index (χ4v) is 3.65. The van der Waals surface area contributed by atoms with Crippen molar-refractivity contribution in [3.63, 3.8) is 0 Å². The molecule has 3 aromatic carbocycles. The van der Waals surface area contributed by atoms with Crippen LogP contribution in [0.2, 0.25) is 0 Å². The van der Waals surface area contributed by atoms with E-state index in [9.17, 15) is 0 Å². The van der Waals surface area contributed by atoms with Crippen molar-refractivity contribution in [1.29, 1.82) is 0 Å². The molecule has 0 spiro atoms. The van der Waals surface area contributed by atoms with E-state index >= 15 is 0 Å². The molecule has 1 heterocycles. The van der Waals surface area contributed by atoms with Crippen molar-refractivity contribution in [1.82, 2.24) is 4.57 Å². The van der Waals surface area contributed by atoms with Gasteiger partial charge in [0.1, 0.15) is 5.75 Å². The average molecular weight is 341 g/mol. The smallest absolute Gasteiger partial charge is 0.119 e. The molecule has 4 rings (SSSR count). The summed E-state index contributed by atoms with van der Waals surface area (Å²) in [6.45, 7) is 5.27. The summed E-state index contributed by atoms with van der Waals surface area (Å²) in [6.07, 6.45) is 2.16. The zero-order valence-corrected chi connectivity index (χ0v) is 15.5. The van der Waals surface area contributed by atoms with Crippen LogP contribution in [0.4, 0.5) is 0 Å². The number of nitrogens with zero attached hydrogens (tertiary/aromatic N) is 1. The Morgan fingerprint density at radius 2 is 1.65 bits per heavy atom. The molecule has 2 heteroatoms. The molecule has 4 aromatic rings. The molecule has 0 saturated carbocycles. The van der Waals surface area contributed by atoms with Gasteiger partial charge in [0, 0.05) is 23.6 Å². The summed E-state index contributed by atoms with van der Waals surface area (Å²) in [4.78, 5) is 0. The summed E-state index contributed by atoms with van der Waals surface area (Å²) in [5, 5.41) is 1.21. The summed E-state index contributed by atoms with van der Waals surface area (Å²) in [5.41, 5.74) is 7.86.